The van der Waals surface area contributed by atoms with Gasteiger partial charge in [0.1, 0.15) is 4.90 Å². The van der Waals surface area contributed by atoms with Crippen LogP contribution >= 0.6 is 12.4 Å². The Hall–Kier alpha value is -1.08. The SMILES string of the molecule is Cc1c(S(=O)(=O)N2CCC(C)(CN)C2)c2ccccc2n1C.Cl. The lowest BCUT2D eigenvalue weighted by Crippen LogP contribution is -2.34. The highest BCUT2D eigenvalue weighted by Crippen LogP contribution is 2.36. The fourth-order valence-electron chi connectivity index (χ4n) is 3.29. The van der Waals surface area contributed by atoms with E-state index in [2.05, 4.69) is 6.92 Å². The zero-order chi connectivity index (χ0) is 16.1. The Morgan fingerprint density at radius 2 is 1.96 bits per heavy atom. The number of sulfonamides is 1. The normalized spacial score (nSPS) is 22.4. The van der Waals surface area contributed by atoms with Crippen LogP contribution in [0.25, 0.3) is 10.9 Å². The lowest BCUT2D eigenvalue weighted by molar-refractivity contribution is 0.349. The highest BCUT2D eigenvalue weighted by molar-refractivity contribution is 7.89. The molecule has 128 valence electrons. The van der Waals surface area contributed by atoms with E-state index in [1.54, 1.807) is 4.31 Å². The Morgan fingerprint density at radius 1 is 1.30 bits per heavy atom. The van der Waals surface area contributed by atoms with Crippen LogP contribution in [-0.4, -0.2) is 36.9 Å². The van der Waals surface area contributed by atoms with Crippen LogP contribution in [0, 0.1) is 12.3 Å². The van der Waals surface area contributed by atoms with E-state index < -0.39 is 10.0 Å². The van der Waals surface area contributed by atoms with Gasteiger partial charge in [-0.1, -0.05) is 25.1 Å². The van der Waals surface area contributed by atoms with Crippen molar-refractivity contribution in [1.82, 2.24) is 8.87 Å². The maximum atomic E-state index is 13.2. The minimum atomic E-state index is -3.50. The number of nitrogens with zero attached hydrogens (tertiary/aromatic N) is 2. The van der Waals surface area contributed by atoms with Crippen LogP contribution in [0.5, 0.6) is 0 Å². The summed E-state index contributed by atoms with van der Waals surface area (Å²) in [6.45, 7) is 5.46. The van der Waals surface area contributed by atoms with Gasteiger partial charge in [0.2, 0.25) is 10.0 Å². The van der Waals surface area contributed by atoms with Crippen LogP contribution < -0.4 is 5.73 Å². The van der Waals surface area contributed by atoms with Crippen molar-refractivity contribution < 1.29 is 8.42 Å². The van der Waals surface area contributed by atoms with E-state index in [0.29, 0.717) is 24.5 Å². The Morgan fingerprint density at radius 3 is 2.57 bits per heavy atom. The maximum absolute atomic E-state index is 13.2. The van der Waals surface area contributed by atoms with Crippen molar-refractivity contribution in [3.05, 3.63) is 30.0 Å². The predicted molar refractivity (Wildman–Crippen MR) is 95.4 cm³/mol. The molecule has 3 rings (SSSR count). The van der Waals surface area contributed by atoms with Crippen molar-refractivity contribution in [3.8, 4) is 0 Å². The highest BCUT2D eigenvalue weighted by atomic mass is 35.5. The van der Waals surface area contributed by atoms with E-state index in [0.717, 1.165) is 23.0 Å². The van der Waals surface area contributed by atoms with Gasteiger partial charge in [-0.2, -0.15) is 4.31 Å². The fourth-order valence-corrected chi connectivity index (χ4v) is 5.32. The molecule has 2 aromatic rings. The first kappa shape index (κ1) is 18.3. The van der Waals surface area contributed by atoms with Crippen LogP contribution in [-0.2, 0) is 17.1 Å². The molecule has 7 heteroatoms. The number of nitrogens with two attached hydrogens (primary N) is 1. The molecule has 1 aromatic carbocycles. The molecule has 2 N–H and O–H groups in total. The summed E-state index contributed by atoms with van der Waals surface area (Å²) in [6, 6.07) is 7.65. The molecule has 1 fully saturated rings. The van der Waals surface area contributed by atoms with Crippen LogP contribution in [0.15, 0.2) is 29.2 Å². The Labute approximate surface area is 143 Å². The number of halogens is 1. The molecule has 5 nitrogen and oxygen atoms in total. The van der Waals surface area contributed by atoms with Crippen LogP contribution in [0.4, 0.5) is 0 Å². The first-order valence-corrected chi connectivity index (χ1v) is 8.98. The molecule has 0 amide bonds. The van der Waals surface area contributed by atoms with Crippen LogP contribution in [0.3, 0.4) is 0 Å². The van der Waals surface area contributed by atoms with Crippen molar-refractivity contribution in [2.45, 2.75) is 25.2 Å². The van der Waals surface area contributed by atoms with E-state index in [4.69, 9.17) is 5.73 Å². The second-order valence-corrected chi connectivity index (χ2v) is 8.47. The number of aromatic nitrogens is 1. The third-order valence-electron chi connectivity index (χ3n) is 4.96. The van der Waals surface area contributed by atoms with Gasteiger partial charge in [0, 0.05) is 36.7 Å². The van der Waals surface area contributed by atoms with Gasteiger partial charge in [-0.3, -0.25) is 0 Å². The lowest BCUT2D eigenvalue weighted by Gasteiger charge is -2.22. The molecular weight excluding hydrogens is 334 g/mol. The quantitative estimate of drug-likeness (QED) is 0.916. The molecule has 0 aliphatic carbocycles. The zero-order valence-electron chi connectivity index (χ0n) is 13.7. The maximum Gasteiger partial charge on any atom is 0.245 e. The van der Waals surface area contributed by atoms with E-state index in [-0.39, 0.29) is 17.8 Å². The van der Waals surface area contributed by atoms with Gasteiger partial charge in [-0.25, -0.2) is 8.42 Å². The molecular formula is C16H24ClN3O2S. The van der Waals surface area contributed by atoms with Crippen molar-refractivity contribution in [3.63, 3.8) is 0 Å². The second kappa shape index (κ2) is 6.09. The van der Waals surface area contributed by atoms with Gasteiger partial charge in [-0.05, 0) is 31.4 Å². The predicted octanol–water partition coefficient (Wildman–Crippen LogP) is 2.27. The summed E-state index contributed by atoms with van der Waals surface area (Å²) in [5.74, 6) is 0. The van der Waals surface area contributed by atoms with Gasteiger partial charge in [0.05, 0.1) is 0 Å². The first-order chi connectivity index (χ1) is 10.3. The standard InChI is InChI=1S/C16H23N3O2S.ClH/c1-12-15(13-6-4-5-7-14(13)18(12)3)22(20,21)19-9-8-16(2,10-17)11-19;/h4-7H,8-11,17H2,1-3H3;1H. The summed E-state index contributed by atoms with van der Waals surface area (Å²) in [5.41, 5.74) is 7.42. The van der Waals surface area contributed by atoms with Crippen LogP contribution in [0.2, 0.25) is 0 Å². The summed E-state index contributed by atoms with van der Waals surface area (Å²) in [6.07, 6.45) is 0.812. The third-order valence-corrected chi connectivity index (χ3v) is 6.98. The van der Waals surface area contributed by atoms with Crippen LogP contribution in [0.1, 0.15) is 19.0 Å². The smallest absolute Gasteiger partial charge is 0.245 e. The zero-order valence-corrected chi connectivity index (χ0v) is 15.4. The number of fused-ring (bicyclic) bond motifs is 1. The monoisotopic (exact) mass is 357 g/mol. The molecule has 0 spiro atoms. The van der Waals surface area contributed by atoms with E-state index >= 15 is 0 Å². The Bertz CT molecular complexity index is 831. The molecule has 1 unspecified atom stereocenters. The van der Waals surface area contributed by atoms with Gasteiger partial charge >= 0.3 is 0 Å². The Kier molecular flexibility index (Phi) is 4.84. The largest absolute Gasteiger partial charge is 0.347 e. The summed E-state index contributed by atoms with van der Waals surface area (Å²) >= 11 is 0. The van der Waals surface area contributed by atoms with Gasteiger partial charge in [0.15, 0.2) is 0 Å². The van der Waals surface area contributed by atoms with Crippen molar-refractivity contribution >= 4 is 33.3 Å². The average Bonchev–Trinajstić information content (AvgIpc) is 3.01. The minimum absolute atomic E-state index is 0. The van der Waals surface area contributed by atoms with Crippen molar-refractivity contribution in [2.75, 3.05) is 19.6 Å². The van der Waals surface area contributed by atoms with E-state index in [1.807, 2.05) is 42.8 Å². The number of hydrogen-bond acceptors (Lipinski definition) is 3. The molecule has 0 bridgehead atoms. The topological polar surface area (TPSA) is 68.3 Å². The average molecular weight is 358 g/mol. The number of hydrogen-bond donors (Lipinski definition) is 1. The lowest BCUT2D eigenvalue weighted by atomic mass is 9.90. The Balaban J connectivity index is 0.00000192. The first-order valence-electron chi connectivity index (χ1n) is 7.54. The molecule has 0 saturated carbocycles. The summed E-state index contributed by atoms with van der Waals surface area (Å²) in [5, 5.41) is 0.795. The van der Waals surface area contributed by atoms with E-state index in [9.17, 15) is 8.42 Å². The van der Waals surface area contributed by atoms with Crippen molar-refractivity contribution in [2.24, 2.45) is 18.2 Å². The third kappa shape index (κ3) is 2.78. The number of benzene rings is 1. The van der Waals surface area contributed by atoms with Gasteiger partial charge in [0.25, 0.3) is 0 Å². The molecule has 1 atom stereocenters. The second-order valence-electron chi connectivity index (χ2n) is 6.59. The molecule has 1 saturated heterocycles. The van der Waals surface area contributed by atoms with Gasteiger partial charge in [-0.15, -0.1) is 12.4 Å². The number of aryl methyl sites for hydroxylation is 1. The number of para-hydroxylation sites is 1. The molecule has 0 radical (unpaired) electrons. The molecule has 23 heavy (non-hydrogen) atoms. The number of rotatable bonds is 3. The highest BCUT2D eigenvalue weighted by Gasteiger charge is 2.40. The minimum Gasteiger partial charge on any atom is -0.347 e. The molecule has 2 heterocycles. The molecule has 1 aromatic heterocycles. The fraction of sp³-hybridized carbons (Fsp3) is 0.500. The van der Waals surface area contributed by atoms with E-state index in [1.165, 1.54) is 0 Å². The molecule has 1 aliphatic rings. The van der Waals surface area contributed by atoms with Gasteiger partial charge < -0.3 is 10.3 Å². The summed E-state index contributed by atoms with van der Waals surface area (Å²) in [4.78, 5) is 0.437. The summed E-state index contributed by atoms with van der Waals surface area (Å²) < 4.78 is 29.9. The molecule has 1 aliphatic heterocycles. The summed E-state index contributed by atoms with van der Waals surface area (Å²) in [7, 11) is -1.59. The van der Waals surface area contributed by atoms with Crippen molar-refractivity contribution in [1.29, 1.82) is 0 Å².